The number of carbonyl (C=O) groups excluding carboxylic acids is 1. The van der Waals surface area contributed by atoms with Gasteiger partial charge in [-0.05, 0) is 43.5 Å². The molecular weight excluding hydrogens is 358 g/mol. The number of hydrogen-bond donors (Lipinski definition) is 3. The molecule has 3 heterocycles. The SMILES string of the molecule is Cc1cc(Br)ccc1N1C=C2C(=O)NC(N3CCCC3)NC2N1. The van der Waals surface area contributed by atoms with Crippen LogP contribution in [0, 0.1) is 6.92 Å². The molecule has 7 heteroatoms. The van der Waals surface area contributed by atoms with Crippen molar-refractivity contribution in [2.45, 2.75) is 32.2 Å². The average molecular weight is 378 g/mol. The number of amides is 1. The second-order valence-electron chi connectivity index (χ2n) is 6.23. The number of hydrazine groups is 1. The second kappa shape index (κ2) is 5.90. The number of carbonyl (C=O) groups is 1. The first-order valence-corrected chi connectivity index (χ1v) is 8.75. The Hall–Kier alpha value is -1.41. The molecule has 0 aromatic heterocycles. The number of nitrogens with zero attached hydrogens (tertiary/aromatic N) is 2. The summed E-state index contributed by atoms with van der Waals surface area (Å²) in [6, 6.07) is 6.11. The molecule has 122 valence electrons. The molecule has 2 atom stereocenters. The van der Waals surface area contributed by atoms with Crippen molar-refractivity contribution >= 4 is 27.5 Å². The van der Waals surface area contributed by atoms with Gasteiger partial charge in [0.1, 0.15) is 12.5 Å². The molecule has 0 radical (unpaired) electrons. The zero-order valence-corrected chi connectivity index (χ0v) is 14.6. The molecule has 1 aromatic rings. The topological polar surface area (TPSA) is 59.6 Å². The fourth-order valence-corrected chi connectivity index (χ4v) is 3.88. The van der Waals surface area contributed by atoms with Gasteiger partial charge in [-0.25, -0.2) is 5.43 Å². The van der Waals surface area contributed by atoms with Crippen molar-refractivity contribution in [3.05, 3.63) is 40.0 Å². The van der Waals surface area contributed by atoms with Gasteiger partial charge in [0.05, 0.1) is 11.3 Å². The van der Waals surface area contributed by atoms with E-state index < -0.39 is 0 Å². The molecular formula is C16H20BrN5O. The second-order valence-corrected chi connectivity index (χ2v) is 7.15. The number of aryl methyl sites for hydroxylation is 1. The summed E-state index contributed by atoms with van der Waals surface area (Å²) >= 11 is 3.48. The largest absolute Gasteiger partial charge is 0.324 e. The number of halogens is 1. The van der Waals surface area contributed by atoms with E-state index in [1.165, 1.54) is 12.8 Å². The van der Waals surface area contributed by atoms with E-state index in [1.807, 2.05) is 23.3 Å². The Labute approximate surface area is 144 Å². The van der Waals surface area contributed by atoms with Crippen LogP contribution in [-0.4, -0.2) is 36.4 Å². The molecule has 0 spiro atoms. The first kappa shape index (κ1) is 15.1. The van der Waals surface area contributed by atoms with Crippen molar-refractivity contribution in [2.75, 3.05) is 18.1 Å². The summed E-state index contributed by atoms with van der Waals surface area (Å²) in [5.41, 5.74) is 6.29. The van der Waals surface area contributed by atoms with Crippen molar-refractivity contribution in [3.63, 3.8) is 0 Å². The standard InChI is InChI=1S/C16H20BrN5O/c1-10-8-11(17)4-5-13(10)22-9-12-14(20-22)18-16(19-15(12)23)21-6-2-3-7-21/h4-5,8-9,14,16,18,20H,2-3,6-7H2,1H3,(H,19,23). The highest BCUT2D eigenvalue weighted by atomic mass is 79.9. The fourth-order valence-electron chi connectivity index (χ4n) is 3.41. The summed E-state index contributed by atoms with van der Waals surface area (Å²) in [6.07, 6.45) is 4.02. The summed E-state index contributed by atoms with van der Waals surface area (Å²) in [6.45, 7) is 4.11. The summed E-state index contributed by atoms with van der Waals surface area (Å²) in [4.78, 5) is 14.7. The Morgan fingerprint density at radius 1 is 1.26 bits per heavy atom. The third-order valence-corrected chi connectivity index (χ3v) is 5.12. The van der Waals surface area contributed by atoms with Crippen LogP contribution in [0.2, 0.25) is 0 Å². The molecule has 3 aliphatic rings. The molecule has 4 rings (SSSR count). The lowest BCUT2D eigenvalue weighted by atomic mass is 10.2. The molecule has 2 fully saturated rings. The number of rotatable bonds is 2. The lowest BCUT2D eigenvalue weighted by Gasteiger charge is -2.36. The number of benzene rings is 1. The maximum absolute atomic E-state index is 12.4. The first-order valence-electron chi connectivity index (χ1n) is 7.96. The number of nitrogens with one attached hydrogen (secondary N) is 3. The van der Waals surface area contributed by atoms with Crippen molar-refractivity contribution in [1.29, 1.82) is 0 Å². The van der Waals surface area contributed by atoms with Gasteiger partial charge in [-0.2, -0.15) is 0 Å². The molecule has 0 aliphatic carbocycles. The highest BCUT2D eigenvalue weighted by molar-refractivity contribution is 9.10. The third kappa shape index (κ3) is 2.78. The van der Waals surface area contributed by atoms with Gasteiger partial charge in [0, 0.05) is 23.8 Å². The summed E-state index contributed by atoms with van der Waals surface area (Å²) in [7, 11) is 0. The summed E-state index contributed by atoms with van der Waals surface area (Å²) in [5, 5.41) is 8.47. The average Bonchev–Trinajstić information content (AvgIpc) is 3.16. The molecule has 1 aromatic carbocycles. The number of hydrogen-bond acceptors (Lipinski definition) is 5. The normalized spacial score (nSPS) is 27.8. The van der Waals surface area contributed by atoms with E-state index in [-0.39, 0.29) is 18.4 Å². The molecule has 6 nitrogen and oxygen atoms in total. The minimum Gasteiger partial charge on any atom is -0.324 e. The van der Waals surface area contributed by atoms with Crippen molar-refractivity contribution in [1.82, 2.24) is 21.0 Å². The van der Waals surface area contributed by atoms with Crippen LogP contribution in [0.5, 0.6) is 0 Å². The maximum atomic E-state index is 12.4. The van der Waals surface area contributed by atoms with Crippen LogP contribution >= 0.6 is 15.9 Å². The minimum absolute atomic E-state index is 0.00425. The Bertz CT molecular complexity index is 670. The van der Waals surface area contributed by atoms with Crippen molar-refractivity contribution in [3.8, 4) is 0 Å². The molecule has 1 amide bonds. The summed E-state index contributed by atoms with van der Waals surface area (Å²) in [5.74, 6) is -0.00425. The monoisotopic (exact) mass is 377 g/mol. The van der Waals surface area contributed by atoms with Gasteiger partial charge in [-0.3, -0.25) is 20.0 Å². The van der Waals surface area contributed by atoms with Crippen LogP contribution in [0.4, 0.5) is 5.69 Å². The van der Waals surface area contributed by atoms with E-state index in [0.29, 0.717) is 0 Å². The fraction of sp³-hybridized carbons (Fsp3) is 0.438. The molecule has 3 N–H and O–H groups in total. The quantitative estimate of drug-likeness (QED) is 0.726. The van der Waals surface area contributed by atoms with Crippen molar-refractivity contribution < 1.29 is 4.79 Å². The van der Waals surface area contributed by atoms with E-state index in [9.17, 15) is 4.79 Å². The van der Waals surface area contributed by atoms with E-state index in [4.69, 9.17) is 0 Å². The number of anilines is 1. The summed E-state index contributed by atoms with van der Waals surface area (Å²) < 4.78 is 1.05. The van der Waals surface area contributed by atoms with Crippen LogP contribution in [0.1, 0.15) is 18.4 Å². The van der Waals surface area contributed by atoms with Gasteiger partial charge in [0.15, 0.2) is 0 Å². The molecule has 0 saturated carbocycles. The zero-order chi connectivity index (χ0) is 16.0. The van der Waals surface area contributed by atoms with Crippen LogP contribution in [-0.2, 0) is 4.79 Å². The zero-order valence-electron chi connectivity index (χ0n) is 13.0. The molecule has 2 saturated heterocycles. The van der Waals surface area contributed by atoms with Gasteiger partial charge < -0.3 is 5.32 Å². The Morgan fingerprint density at radius 2 is 2.04 bits per heavy atom. The van der Waals surface area contributed by atoms with Gasteiger partial charge in [-0.1, -0.05) is 15.9 Å². The van der Waals surface area contributed by atoms with Crippen molar-refractivity contribution in [2.24, 2.45) is 0 Å². The lowest BCUT2D eigenvalue weighted by Crippen LogP contribution is -2.66. The first-order chi connectivity index (χ1) is 11.1. The highest BCUT2D eigenvalue weighted by Crippen LogP contribution is 2.27. The van der Waals surface area contributed by atoms with Gasteiger partial charge in [-0.15, -0.1) is 0 Å². The van der Waals surface area contributed by atoms with Gasteiger partial charge in [0.25, 0.3) is 5.91 Å². The van der Waals surface area contributed by atoms with E-state index in [1.54, 1.807) is 0 Å². The van der Waals surface area contributed by atoms with Gasteiger partial charge in [0.2, 0.25) is 0 Å². The van der Waals surface area contributed by atoms with Crippen LogP contribution in [0.3, 0.4) is 0 Å². The van der Waals surface area contributed by atoms with Gasteiger partial charge >= 0.3 is 0 Å². The predicted molar refractivity (Wildman–Crippen MR) is 92.2 cm³/mol. The van der Waals surface area contributed by atoms with E-state index >= 15 is 0 Å². The molecule has 2 unspecified atom stereocenters. The minimum atomic E-state index is -0.155. The smallest absolute Gasteiger partial charge is 0.254 e. The van der Waals surface area contributed by atoms with Crippen LogP contribution in [0.15, 0.2) is 34.4 Å². The Kier molecular flexibility index (Phi) is 3.88. The lowest BCUT2D eigenvalue weighted by molar-refractivity contribution is -0.121. The van der Waals surface area contributed by atoms with E-state index in [2.05, 4.69) is 49.9 Å². The van der Waals surface area contributed by atoms with Crippen LogP contribution < -0.4 is 21.1 Å². The molecule has 23 heavy (non-hydrogen) atoms. The Morgan fingerprint density at radius 3 is 2.78 bits per heavy atom. The maximum Gasteiger partial charge on any atom is 0.254 e. The highest BCUT2D eigenvalue weighted by Gasteiger charge is 2.38. The Balaban J connectivity index is 1.54. The van der Waals surface area contributed by atoms with E-state index in [0.717, 1.165) is 34.4 Å². The predicted octanol–water partition coefficient (Wildman–Crippen LogP) is 1.39. The number of likely N-dealkylation sites (tertiary alicyclic amines) is 1. The third-order valence-electron chi connectivity index (χ3n) is 4.63. The number of fused-ring (bicyclic) bond motifs is 1. The molecule has 0 bridgehead atoms. The molecule has 3 aliphatic heterocycles. The van der Waals surface area contributed by atoms with Crippen LogP contribution in [0.25, 0.3) is 0 Å².